The van der Waals surface area contributed by atoms with Crippen molar-refractivity contribution in [3.8, 4) is 17.0 Å². The summed E-state index contributed by atoms with van der Waals surface area (Å²) >= 11 is 1.43. The van der Waals surface area contributed by atoms with Crippen molar-refractivity contribution in [2.24, 2.45) is 5.41 Å². The highest BCUT2D eigenvalue weighted by Gasteiger charge is 2.41. The molecule has 2 fully saturated rings. The minimum Gasteiger partial charge on any atom is -0.479 e. The Morgan fingerprint density at radius 3 is 2.91 bits per heavy atom. The van der Waals surface area contributed by atoms with Crippen molar-refractivity contribution in [2.45, 2.75) is 19.3 Å². The van der Waals surface area contributed by atoms with Crippen LogP contribution in [0.3, 0.4) is 0 Å². The first-order chi connectivity index (χ1) is 15.6. The number of fused-ring (bicyclic) bond motifs is 1. The number of ether oxygens (including phenoxy) is 2. The Morgan fingerprint density at radius 1 is 1.28 bits per heavy atom. The van der Waals surface area contributed by atoms with Gasteiger partial charge in [0.05, 0.1) is 11.8 Å². The number of nitrogens with zero attached hydrogens (tertiary/aromatic N) is 4. The first-order valence-electron chi connectivity index (χ1n) is 10.7. The Hall–Kier alpha value is -2.98. The van der Waals surface area contributed by atoms with E-state index in [1.807, 2.05) is 24.1 Å². The quantitative estimate of drug-likeness (QED) is 0.618. The molecule has 168 valence electrons. The molecular weight excluding hydrogens is 428 g/mol. The van der Waals surface area contributed by atoms with Gasteiger partial charge in [0.25, 0.3) is 0 Å². The second-order valence-electron chi connectivity index (χ2n) is 8.27. The van der Waals surface area contributed by atoms with Crippen LogP contribution < -0.4 is 15.4 Å². The number of carbonyl (C=O) groups is 1. The van der Waals surface area contributed by atoms with Crippen LogP contribution in [0.4, 0.5) is 15.7 Å². The summed E-state index contributed by atoms with van der Waals surface area (Å²) in [5, 5.41) is 6.59. The molecule has 2 amide bonds. The van der Waals surface area contributed by atoms with E-state index in [9.17, 15) is 4.79 Å². The monoisotopic (exact) mass is 454 g/mol. The standard InChI is InChI=1S/C22H26N6O3S/c1-23-16-11-14(3-7-24-16)15-12-25-19(30-2)17-18(15)32-20(26-17)27-21(29)28-8-4-22(13-28)5-9-31-10-6-22/h3,7,11-12H,4-6,8-10,13H2,1-2H3,(H,23,24)(H,26,27,29). The number of carbonyl (C=O) groups excluding carboxylic acids is 1. The maximum absolute atomic E-state index is 13.0. The second kappa shape index (κ2) is 8.51. The topological polar surface area (TPSA) is 102 Å². The molecule has 32 heavy (non-hydrogen) atoms. The highest BCUT2D eigenvalue weighted by Crippen LogP contribution is 2.41. The molecule has 2 saturated heterocycles. The van der Waals surface area contributed by atoms with Crippen LogP contribution in [0.2, 0.25) is 0 Å². The average Bonchev–Trinajstić information content (AvgIpc) is 3.43. The highest BCUT2D eigenvalue weighted by molar-refractivity contribution is 7.23. The lowest BCUT2D eigenvalue weighted by Crippen LogP contribution is -2.37. The lowest BCUT2D eigenvalue weighted by Gasteiger charge is -2.33. The molecule has 3 aromatic heterocycles. The van der Waals surface area contributed by atoms with Crippen LogP contribution in [0.5, 0.6) is 5.88 Å². The lowest BCUT2D eigenvalue weighted by atomic mass is 9.80. The van der Waals surface area contributed by atoms with E-state index in [0.29, 0.717) is 16.5 Å². The summed E-state index contributed by atoms with van der Waals surface area (Å²) in [5.41, 5.74) is 2.72. The van der Waals surface area contributed by atoms with Crippen molar-refractivity contribution >= 4 is 38.5 Å². The van der Waals surface area contributed by atoms with Gasteiger partial charge in [-0.3, -0.25) is 5.32 Å². The Bertz CT molecular complexity index is 1140. The van der Waals surface area contributed by atoms with E-state index < -0.39 is 0 Å². The number of rotatable bonds is 4. The molecule has 0 atom stereocenters. The number of thiazole rings is 1. The molecule has 10 heteroatoms. The summed E-state index contributed by atoms with van der Waals surface area (Å²) < 4.78 is 11.8. The zero-order valence-electron chi connectivity index (χ0n) is 18.2. The number of hydrogen-bond donors (Lipinski definition) is 2. The third-order valence-electron chi connectivity index (χ3n) is 6.40. The normalized spacial score (nSPS) is 17.6. The number of pyridine rings is 2. The van der Waals surface area contributed by atoms with Crippen LogP contribution in [0.1, 0.15) is 19.3 Å². The van der Waals surface area contributed by atoms with Gasteiger partial charge in [-0.2, -0.15) is 0 Å². The fourth-order valence-corrected chi connectivity index (χ4v) is 5.50. The number of hydrogen-bond acceptors (Lipinski definition) is 8. The van der Waals surface area contributed by atoms with Crippen molar-refractivity contribution < 1.29 is 14.3 Å². The Kier molecular flexibility index (Phi) is 5.56. The molecule has 2 aliphatic heterocycles. The molecule has 0 aromatic carbocycles. The third kappa shape index (κ3) is 3.84. The van der Waals surface area contributed by atoms with Gasteiger partial charge < -0.3 is 19.7 Å². The second-order valence-corrected chi connectivity index (χ2v) is 9.27. The molecule has 5 heterocycles. The SMILES string of the molecule is CNc1cc(-c2cnc(OC)c3nc(NC(=O)N4CCC5(CCOCC5)C4)sc23)ccn1. The summed E-state index contributed by atoms with van der Waals surface area (Å²) in [6, 6.07) is 3.78. The van der Waals surface area contributed by atoms with Crippen LogP contribution in [0.25, 0.3) is 21.3 Å². The van der Waals surface area contributed by atoms with Crippen LogP contribution in [0, 0.1) is 5.41 Å². The van der Waals surface area contributed by atoms with Gasteiger partial charge in [0, 0.05) is 51.3 Å². The predicted octanol–water partition coefficient (Wildman–Crippen LogP) is 3.84. The molecule has 9 nitrogen and oxygen atoms in total. The molecule has 5 rings (SSSR count). The Labute approximate surface area is 190 Å². The van der Waals surface area contributed by atoms with Gasteiger partial charge in [-0.25, -0.2) is 19.7 Å². The van der Waals surface area contributed by atoms with E-state index in [0.717, 1.165) is 67.2 Å². The van der Waals surface area contributed by atoms with Crippen molar-refractivity contribution in [3.63, 3.8) is 0 Å². The van der Waals surface area contributed by atoms with Gasteiger partial charge in [0.1, 0.15) is 11.3 Å². The van der Waals surface area contributed by atoms with E-state index in [4.69, 9.17) is 9.47 Å². The molecule has 3 aromatic rings. The van der Waals surface area contributed by atoms with Gasteiger partial charge in [0.15, 0.2) is 5.13 Å². The van der Waals surface area contributed by atoms with E-state index in [1.165, 1.54) is 11.3 Å². The van der Waals surface area contributed by atoms with Gasteiger partial charge in [0.2, 0.25) is 5.88 Å². The minimum absolute atomic E-state index is 0.109. The lowest BCUT2D eigenvalue weighted by molar-refractivity contribution is 0.0211. The van der Waals surface area contributed by atoms with E-state index >= 15 is 0 Å². The summed E-state index contributed by atoms with van der Waals surface area (Å²) in [4.78, 5) is 28.3. The number of anilines is 2. The minimum atomic E-state index is -0.109. The number of amides is 2. The molecular formula is C22H26N6O3S. The molecule has 0 unspecified atom stereocenters. The summed E-state index contributed by atoms with van der Waals surface area (Å²) in [7, 11) is 3.40. The maximum Gasteiger partial charge on any atom is 0.323 e. The van der Waals surface area contributed by atoms with Crippen molar-refractivity contribution in [1.29, 1.82) is 0 Å². The molecule has 0 bridgehead atoms. The first-order valence-corrected chi connectivity index (χ1v) is 11.5. The summed E-state index contributed by atoms with van der Waals surface area (Å²) in [5.74, 6) is 1.20. The van der Waals surface area contributed by atoms with Crippen LogP contribution in [-0.4, -0.2) is 66.3 Å². The third-order valence-corrected chi connectivity index (χ3v) is 7.40. The number of urea groups is 1. The maximum atomic E-state index is 13.0. The Morgan fingerprint density at radius 2 is 2.12 bits per heavy atom. The molecule has 0 radical (unpaired) electrons. The molecule has 2 N–H and O–H groups in total. The number of nitrogens with one attached hydrogen (secondary N) is 2. The highest BCUT2D eigenvalue weighted by atomic mass is 32.1. The molecule has 0 aliphatic carbocycles. The fourth-order valence-electron chi connectivity index (χ4n) is 4.53. The smallest absolute Gasteiger partial charge is 0.323 e. The number of likely N-dealkylation sites (tertiary alicyclic amines) is 1. The molecule has 2 aliphatic rings. The van der Waals surface area contributed by atoms with Gasteiger partial charge in [-0.15, -0.1) is 0 Å². The number of methoxy groups -OCH3 is 1. The predicted molar refractivity (Wildman–Crippen MR) is 124 cm³/mol. The molecule has 0 saturated carbocycles. The average molecular weight is 455 g/mol. The largest absolute Gasteiger partial charge is 0.479 e. The first kappa shape index (κ1) is 20.9. The van der Waals surface area contributed by atoms with Gasteiger partial charge in [-0.1, -0.05) is 11.3 Å². The van der Waals surface area contributed by atoms with E-state index in [2.05, 4.69) is 25.6 Å². The summed E-state index contributed by atoms with van der Waals surface area (Å²) in [6.45, 7) is 3.10. The van der Waals surface area contributed by atoms with E-state index in [1.54, 1.807) is 19.5 Å². The van der Waals surface area contributed by atoms with Crippen molar-refractivity contribution in [1.82, 2.24) is 19.9 Å². The fraction of sp³-hybridized carbons (Fsp3) is 0.455. The van der Waals surface area contributed by atoms with Crippen LogP contribution in [0.15, 0.2) is 24.5 Å². The Balaban J connectivity index is 1.42. The van der Waals surface area contributed by atoms with Crippen molar-refractivity contribution in [3.05, 3.63) is 24.5 Å². The van der Waals surface area contributed by atoms with Gasteiger partial charge >= 0.3 is 6.03 Å². The van der Waals surface area contributed by atoms with Crippen LogP contribution in [-0.2, 0) is 4.74 Å². The summed E-state index contributed by atoms with van der Waals surface area (Å²) in [6.07, 6.45) is 6.59. The van der Waals surface area contributed by atoms with Crippen LogP contribution >= 0.6 is 11.3 Å². The zero-order chi connectivity index (χ0) is 22.1. The van der Waals surface area contributed by atoms with E-state index in [-0.39, 0.29) is 11.4 Å². The van der Waals surface area contributed by atoms with Crippen molar-refractivity contribution in [2.75, 3.05) is 51.1 Å². The zero-order valence-corrected chi connectivity index (χ0v) is 19.0. The van der Waals surface area contributed by atoms with Gasteiger partial charge in [-0.05, 0) is 42.4 Å². The number of aromatic nitrogens is 3. The molecule has 1 spiro atoms.